The second-order valence-electron chi connectivity index (χ2n) is 3.57. The molecule has 2 N–H and O–H groups in total. The monoisotopic (exact) mass is 260 g/mol. The van der Waals surface area contributed by atoms with Gasteiger partial charge in [0.05, 0.1) is 11.1 Å². The fourth-order valence-electron chi connectivity index (χ4n) is 1.65. The predicted octanol–water partition coefficient (Wildman–Crippen LogP) is 0.390. The first kappa shape index (κ1) is 13.5. The summed E-state index contributed by atoms with van der Waals surface area (Å²) in [6.07, 6.45) is 1.23. The Bertz CT molecular complexity index is 414. The van der Waals surface area contributed by atoms with Gasteiger partial charge >= 0.3 is 0 Å². The zero-order valence-corrected chi connectivity index (χ0v) is 9.83. The number of amides is 1. The third kappa shape index (κ3) is 2.95. The lowest BCUT2D eigenvalue weighted by atomic mass is 10.3. The van der Waals surface area contributed by atoms with E-state index in [9.17, 15) is 14.9 Å². The van der Waals surface area contributed by atoms with Crippen molar-refractivity contribution >= 4 is 24.0 Å². The Hall–Kier alpha value is -1.60. The first-order chi connectivity index (χ1) is 7.68. The second kappa shape index (κ2) is 5.65. The van der Waals surface area contributed by atoms with Gasteiger partial charge in [-0.25, -0.2) is 0 Å². The van der Waals surface area contributed by atoms with Crippen LogP contribution in [-0.4, -0.2) is 46.9 Å². The summed E-state index contributed by atoms with van der Waals surface area (Å²) in [6, 6.07) is 1.27. The van der Waals surface area contributed by atoms with Crippen molar-refractivity contribution in [1.82, 2.24) is 15.2 Å². The Morgan fingerprint density at radius 3 is 2.59 bits per heavy atom. The molecule has 0 saturated carbocycles. The van der Waals surface area contributed by atoms with E-state index in [-0.39, 0.29) is 29.7 Å². The summed E-state index contributed by atoms with van der Waals surface area (Å²) in [5.74, 6) is -0.186. The summed E-state index contributed by atoms with van der Waals surface area (Å²) >= 11 is 0. The molecule has 1 aliphatic rings. The average Bonchev–Trinajstić information content (AvgIpc) is 2.78. The van der Waals surface area contributed by atoms with Crippen LogP contribution in [-0.2, 0) is 0 Å². The maximum atomic E-state index is 11.9. The van der Waals surface area contributed by atoms with E-state index in [4.69, 9.17) is 0 Å². The lowest BCUT2D eigenvalue weighted by molar-refractivity contribution is -0.384. The van der Waals surface area contributed by atoms with Crippen LogP contribution in [0.4, 0.5) is 5.69 Å². The van der Waals surface area contributed by atoms with E-state index in [2.05, 4.69) is 10.3 Å². The Labute approximate surface area is 104 Å². The minimum Gasteiger partial charge on any atom is -0.351 e. The molecule has 0 spiro atoms. The highest BCUT2D eigenvalue weighted by Gasteiger charge is 2.21. The number of piperazine rings is 1. The molecule has 7 nitrogen and oxygen atoms in total. The van der Waals surface area contributed by atoms with Gasteiger partial charge in [0.25, 0.3) is 11.6 Å². The molecular formula is C9H13ClN4O3. The molecule has 94 valence electrons. The van der Waals surface area contributed by atoms with Crippen molar-refractivity contribution in [2.24, 2.45) is 0 Å². The van der Waals surface area contributed by atoms with Gasteiger partial charge in [0.2, 0.25) is 0 Å². The van der Waals surface area contributed by atoms with Crippen LogP contribution in [0.25, 0.3) is 0 Å². The molecule has 2 heterocycles. The van der Waals surface area contributed by atoms with Gasteiger partial charge in [0.1, 0.15) is 5.69 Å². The van der Waals surface area contributed by atoms with Crippen molar-refractivity contribution in [2.45, 2.75) is 0 Å². The third-order valence-electron chi connectivity index (χ3n) is 2.51. The van der Waals surface area contributed by atoms with E-state index in [0.29, 0.717) is 13.1 Å². The Morgan fingerprint density at radius 1 is 1.41 bits per heavy atom. The van der Waals surface area contributed by atoms with E-state index in [1.165, 1.54) is 12.3 Å². The van der Waals surface area contributed by atoms with Crippen LogP contribution in [0, 0.1) is 10.1 Å². The minimum atomic E-state index is -0.523. The van der Waals surface area contributed by atoms with E-state index in [1.807, 2.05) is 0 Å². The number of nitro groups is 1. The van der Waals surface area contributed by atoms with Crippen LogP contribution < -0.4 is 5.32 Å². The van der Waals surface area contributed by atoms with Crippen LogP contribution in [0.15, 0.2) is 12.3 Å². The first-order valence-corrected chi connectivity index (χ1v) is 5.01. The molecule has 0 aromatic carbocycles. The quantitative estimate of drug-likeness (QED) is 0.594. The molecule has 0 atom stereocenters. The number of carbonyl (C=O) groups is 1. The molecule has 8 heteroatoms. The van der Waals surface area contributed by atoms with Crippen molar-refractivity contribution in [3.63, 3.8) is 0 Å². The van der Waals surface area contributed by atoms with Crippen molar-refractivity contribution in [2.75, 3.05) is 26.2 Å². The molecule has 0 aliphatic carbocycles. The number of aromatic nitrogens is 1. The Kier molecular flexibility index (Phi) is 4.47. The smallest absolute Gasteiger partial charge is 0.287 e. The summed E-state index contributed by atoms with van der Waals surface area (Å²) in [6.45, 7) is 2.78. The fourth-order valence-corrected chi connectivity index (χ4v) is 1.65. The van der Waals surface area contributed by atoms with Gasteiger partial charge in [-0.15, -0.1) is 12.4 Å². The molecule has 0 unspecified atom stereocenters. The van der Waals surface area contributed by atoms with Crippen LogP contribution in [0.1, 0.15) is 10.5 Å². The topological polar surface area (TPSA) is 91.3 Å². The van der Waals surface area contributed by atoms with Gasteiger partial charge in [0.15, 0.2) is 0 Å². The van der Waals surface area contributed by atoms with Gasteiger partial charge in [-0.1, -0.05) is 0 Å². The number of nitrogens with zero attached hydrogens (tertiary/aromatic N) is 2. The second-order valence-corrected chi connectivity index (χ2v) is 3.57. The number of H-pyrrole nitrogens is 1. The molecule has 1 aromatic heterocycles. The van der Waals surface area contributed by atoms with Crippen LogP contribution in [0.3, 0.4) is 0 Å². The predicted molar refractivity (Wildman–Crippen MR) is 63.5 cm³/mol. The number of carbonyl (C=O) groups excluding carboxylic acids is 1. The maximum absolute atomic E-state index is 11.9. The van der Waals surface area contributed by atoms with Crippen molar-refractivity contribution < 1.29 is 9.72 Å². The Balaban J connectivity index is 0.00000144. The molecular weight excluding hydrogens is 248 g/mol. The minimum absolute atomic E-state index is 0. The number of hydrogen-bond acceptors (Lipinski definition) is 4. The van der Waals surface area contributed by atoms with Gasteiger partial charge < -0.3 is 15.2 Å². The zero-order chi connectivity index (χ0) is 11.5. The molecule has 1 aromatic rings. The highest BCUT2D eigenvalue weighted by molar-refractivity contribution is 5.93. The molecule has 1 aliphatic heterocycles. The largest absolute Gasteiger partial charge is 0.351 e. The highest BCUT2D eigenvalue weighted by atomic mass is 35.5. The summed E-state index contributed by atoms with van der Waals surface area (Å²) in [5.41, 5.74) is 0.187. The maximum Gasteiger partial charge on any atom is 0.287 e. The summed E-state index contributed by atoms with van der Waals surface area (Å²) < 4.78 is 0. The van der Waals surface area contributed by atoms with Crippen molar-refractivity contribution in [3.05, 3.63) is 28.1 Å². The summed E-state index contributed by atoms with van der Waals surface area (Å²) in [7, 11) is 0. The zero-order valence-electron chi connectivity index (χ0n) is 9.01. The number of rotatable bonds is 2. The van der Waals surface area contributed by atoms with Gasteiger partial charge in [-0.2, -0.15) is 0 Å². The highest BCUT2D eigenvalue weighted by Crippen LogP contribution is 2.14. The standard InChI is InChI=1S/C9H12N4O3.ClH/c14-9(12-3-1-10-2-4-12)8-5-7(6-11-8)13(15)16;/h5-6,10-11H,1-4H2;1H. The lowest BCUT2D eigenvalue weighted by Gasteiger charge is -2.26. The number of nitrogens with one attached hydrogen (secondary N) is 2. The molecule has 1 fully saturated rings. The van der Waals surface area contributed by atoms with Crippen LogP contribution >= 0.6 is 12.4 Å². The number of halogens is 1. The van der Waals surface area contributed by atoms with Crippen molar-refractivity contribution in [3.8, 4) is 0 Å². The van der Waals surface area contributed by atoms with Crippen LogP contribution in [0.2, 0.25) is 0 Å². The molecule has 0 radical (unpaired) electrons. The average molecular weight is 261 g/mol. The van der Waals surface area contributed by atoms with Gasteiger partial charge in [-0.3, -0.25) is 14.9 Å². The lowest BCUT2D eigenvalue weighted by Crippen LogP contribution is -2.46. The van der Waals surface area contributed by atoms with E-state index >= 15 is 0 Å². The van der Waals surface area contributed by atoms with Crippen LogP contribution in [0.5, 0.6) is 0 Å². The molecule has 1 saturated heterocycles. The fraction of sp³-hybridized carbons (Fsp3) is 0.444. The molecule has 17 heavy (non-hydrogen) atoms. The molecule has 0 bridgehead atoms. The number of aromatic amines is 1. The molecule has 1 amide bonds. The summed E-state index contributed by atoms with van der Waals surface area (Å²) in [5, 5.41) is 13.6. The third-order valence-corrected chi connectivity index (χ3v) is 2.51. The van der Waals surface area contributed by atoms with Crippen molar-refractivity contribution in [1.29, 1.82) is 0 Å². The molecule has 2 rings (SSSR count). The summed E-state index contributed by atoms with van der Waals surface area (Å²) in [4.78, 5) is 26.1. The first-order valence-electron chi connectivity index (χ1n) is 5.01. The van der Waals surface area contributed by atoms with E-state index < -0.39 is 4.92 Å². The van der Waals surface area contributed by atoms with Gasteiger partial charge in [-0.05, 0) is 0 Å². The Morgan fingerprint density at radius 2 is 2.06 bits per heavy atom. The van der Waals surface area contributed by atoms with E-state index in [1.54, 1.807) is 4.90 Å². The SMILES string of the molecule is Cl.O=C(c1cc([N+](=O)[O-])c[nH]1)N1CCNCC1. The normalized spacial score (nSPS) is 15.2. The van der Waals surface area contributed by atoms with Gasteiger partial charge in [0, 0.05) is 32.2 Å². The number of hydrogen-bond donors (Lipinski definition) is 2. The van der Waals surface area contributed by atoms with E-state index in [0.717, 1.165) is 13.1 Å².